The summed E-state index contributed by atoms with van der Waals surface area (Å²) >= 11 is 0. The van der Waals surface area contributed by atoms with Crippen LogP contribution in [0.3, 0.4) is 0 Å². The van der Waals surface area contributed by atoms with Gasteiger partial charge >= 0.3 is 5.97 Å². The van der Waals surface area contributed by atoms with E-state index >= 15 is 0 Å². The summed E-state index contributed by atoms with van der Waals surface area (Å²) in [4.78, 5) is 46.5. The van der Waals surface area contributed by atoms with Crippen molar-refractivity contribution in [1.29, 1.82) is 0 Å². The van der Waals surface area contributed by atoms with Crippen molar-refractivity contribution in [2.45, 2.75) is 38.4 Å². The number of amides is 3. The predicted molar refractivity (Wildman–Crippen MR) is 86.1 cm³/mol. The lowest BCUT2D eigenvalue weighted by molar-refractivity contribution is -0.144. The van der Waals surface area contributed by atoms with E-state index in [0.717, 1.165) is 0 Å². The molecule has 4 unspecified atom stereocenters. The highest BCUT2D eigenvalue weighted by Crippen LogP contribution is 2.08. The number of aliphatic hydroxyl groups excluding tert-OH is 2. The molecule has 8 N–H and O–H groups in total. The summed E-state index contributed by atoms with van der Waals surface area (Å²) in [5.41, 5.74) is 5.09. The lowest BCUT2D eigenvalue weighted by Crippen LogP contribution is -2.58. The minimum absolute atomic E-state index is 0.370. The molecule has 0 aromatic carbocycles. The maximum absolute atomic E-state index is 12.1. The second-order valence-electron chi connectivity index (χ2n) is 5.46. The van der Waals surface area contributed by atoms with Crippen molar-refractivity contribution in [2.75, 3.05) is 19.8 Å². The Morgan fingerprint density at radius 2 is 1.44 bits per heavy atom. The van der Waals surface area contributed by atoms with Gasteiger partial charge in [-0.05, 0) is 5.92 Å². The van der Waals surface area contributed by atoms with Gasteiger partial charge in [-0.2, -0.15) is 0 Å². The Labute approximate surface area is 145 Å². The lowest BCUT2D eigenvalue weighted by Gasteiger charge is -2.24. The number of carbonyl (C=O) groups excluding carboxylic acids is 3. The van der Waals surface area contributed by atoms with Crippen molar-refractivity contribution in [3.8, 4) is 0 Å². The first kappa shape index (κ1) is 22.8. The van der Waals surface area contributed by atoms with Crippen LogP contribution in [0.1, 0.15) is 20.3 Å². The number of carboxylic acid groups (broad SMARTS) is 1. The van der Waals surface area contributed by atoms with Crippen LogP contribution >= 0.6 is 0 Å². The molecule has 0 bridgehead atoms. The van der Waals surface area contributed by atoms with Crippen LogP contribution in [0.5, 0.6) is 0 Å². The molecule has 144 valence electrons. The van der Waals surface area contributed by atoms with Gasteiger partial charge in [0, 0.05) is 0 Å². The van der Waals surface area contributed by atoms with Gasteiger partial charge in [-0.1, -0.05) is 20.3 Å². The maximum atomic E-state index is 12.1. The number of rotatable bonds is 11. The van der Waals surface area contributed by atoms with Gasteiger partial charge in [0.2, 0.25) is 17.7 Å². The Bertz CT molecular complexity index is 486. The van der Waals surface area contributed by atoms with Gasteiger partial charge in [0.05, 0.1) is 19.8 Å². The van der Waals surface area contributed by atoms with E-state index in [1.807, 2.05) is 0 Å². The van der Waals surface area contributed by atoms with E-state index in [-0.39, 0.29) is 5.92 Å². The van der Waals surface area contributed by atoms with Crippen LogP contribution in [-0.4, -0.2) is 76.9 Å². The van der Waals surface area contributed by atoms with Crippen LogP contribution in [0.25, 0.3) is 0 Å². The zero-order valence-electron chi connectivity index (χ0n) is 14.2. The zero-order valence-corrected chi connectivity index (χ0v) is 14.2. The van der Waals surface area contributed by atoms with E-state index in [2.05, 4.69) is 16.0 Å². The molecule has 11 nitrogen and oxygen atoms in total. The fourth-order valence-corrected chi connectivity index (χ4v) is 1.85. The molecule has 0 aromatic heterocycles. The van der Waals surface area contributed by atoms with E-state index < -0.39 is 61.6 Å². The van der Waals surface area contributed by atoms with Crippen molar-refractivity contribution in [3.05, 3.63) is 0 Å². The summed E-state index contributed by atoms with van der Waals surface area (Å²) in [6, 6.07) is -3.99. The number of carbonyl (C=O) groups is 4. The summed E-state index contributed by atoms with van der Waals surface area (Å²) in [6.45, 7) is 1.44. The molecular formula is C14H26N4O7. The Hall–Kier alpha value is -2.24. The third-order valence-corrected chi connectivity index (χ3v) is 3.61. The number of nitrogens with one attached hydrogen (secondary N) is 3. The number of aliphatic carboxylic acids is 1. The monoisotopic (exact) mass is 362 g/mol. The second kappa shape index (κ2) is 11.3. The van der Waals surface area contributed by atoms with Gasteiger partial charge in [0.25, 0.3) is 0 Å². The molecule has 25 heavy (non-hydrogen) atoms. The molecule has 0 aliphatic rings. The smallest absolute Gasteiger partial charge is 0.326 e. The number of hydrogen-bond donors (Lipinski definition) is 7. The Morgan fingerprint density at radius 1 is 0.960 bits per heavy atom. The zero-order chi connectivity index (χ0) is 19.6. The average molecular weight is 362 g/mol. The standard InChI is InChI=1S/C14H26N4O7/c1-3-7(2)11(14(24)25)18-13(23)9(6-20)17-12(22)8(5-19)16-10(21)4-15/h7-9,11,19-20H,3-6,15H2,1-2H3,(H,16,21)(H,17,22)(H,18,23)(H,24,25). The predicted octanol–water partition coefficient (Wildman–Crippen LogP) is -3.49. The first-order valence-electron chi connectivity index (χ1n) is 7.76. The molecule has 0 rings (SSSR count). The van der Waals surface area contributed by atoms with E-state index in [0.29, 0.717) is 6.42 Å². The highest BCUT2D eigenvalue weighted by atomic mass is 16.4. The third-order valence-electron chi connectivity index (χ3n) is 3.61. The molecule has 3 amide bonds. The molecule has 0 saturated carbocycles. The SMILES string of the molecule is CCC(C)C(NC(=O)C(CO)NC(=O)C(CO)NC(=O)CN)C(=O)O. The highest BCUT2D eigenvalue weighted by molar-refractivity contribution is 5.93. The molecule has 0 spiro atoms. The molecule has 0 heterocycles. The van der Waals surface area contributed by atoms with Crippen LogP contribution in [-0.2, 0) is 19.2 Å². The fourth-order valence-electron chi connectivity index (χ4n) is 1.85. The van der Waals surface area contributed by atoms with Gasteiger partial charge < -0.3 is 37.0 Å². The van der Waals surface area contributed by atoms with Crippen LogP contribution in [0, 0.1) is 5.92 Å². The topological polar surface area (TPSA) is 191 Å². The van der Waals surface area contributed by atoms with Crippen molar-refractivity contribution in [3.63, 3.8) is 0 Å². The maximum Gasteiger partial charge on any atom is 0.326 e. The largest absolute Gasteiger partial charge is 0.480 e. The van der Waals surface area contributed by atoms with Gasteiger partial charge in [-0.15, -0.1) is 0 Å². The number of nitrogens with two attached hydrogens (primary N) is 1. The van der Waals surface area contributed by atoms with Crippen LogP contribution < -0.4 is 21.7 Å². The Balaban J connectivity index is 4.95. The molecular weight excluding hydrogens is 336 g/mol. The van der Waals surface area contributed by atoms with Crippen molar-refractivity contribution < 1.29 is 34.5 Å². The minimum atomic E-state index is -1.44. The van der Waals surface area contributed by atoms with Gasteiger partial charge in [0.1, 0.15) is 18.1 Å². The summed E-state index contributed by atoms with van der Waals surface area (Å²) < 4.78 is 0. The number of aliphatic hydroxyl groups is 2. The van der Waals surface area contributed by atoms with E-state index in [1.165, 1.54) is 0 Å². The normalized spacial score (nSPS) is 15.4. The molecule has 0 aliphatic carbocycles. The Morgan fingerprint density at radius 3 is 1.84 bits per heavy atom. The van der Waals surface area contributed by atoms with E-state index in [4.69, 9.17) is 15.9 Å². The van der Waals surface area contributed by atoms with Crippen LogP contribution in [0.2, 0.25) is 0 Å². The van der Waals surface area contributed by atoms with Crippen LogP contribution in [0.4, 0.5) is 0 Å². The summed E-state index contributed by atoms with van der Waals surface area (Å²) in [5.74, 6) is -4.12. The fraction of sp³-hybridized carbons (Fsp3) is 0.714. The highest BCUT2D eigenvalue weighted by Gasteiger charge is 2.30. The molecule has 4 atom stereocenters. The van der Waals surface area contributed by atoms with Crippen molar-refractivity contribution >= 4 is 23.7 Å². The van der Waals surface area contributed by atoms with Gasteiger partial charge in [-0.3, -0.25) is 14.4 Å². The van der Waals surface area contributed by atoms with E-state index in [1.54, 1.807) is 13.8 Å². The second-order valence-corrected chi connectivity index (χ2v) is 5.46. The van der Waals surface area contributed by atoms with Gasteiger partial charge in [-0.25, -0.2) is 4.79 Å². The summed E-state index contributed by atoms with van der Waals surface area (Å²) in [7, 11) is 0. The first-order chi connectivity index (χ1) is 11.7. The van der Waals surface area contributed by atoms with Crippen molar-refractivity contribution in [2.24, 2.45) is 11.7 Å². The number of hydrogen-bond acceptors (Lipinski definition) is 7. The molecule has 11 heteroatoms. The van der Waals surface area contributed by atoms with Crippen LogP contribution in [0.15, 0.2) is 0 Å². The lowest BCUT2D eigenvalue weighted by atomic mass is 9.99. The quantitative estimate of drug-likeness (QED) is 0.197. The summed E-state index contributed by atoms with van der Waals surface area (Å²) in [6.07, 6.45) is 0.491. The Kier molecular flexibility index (Phi) is 10.3. The molecule has 0 fully saturated rings. The third kappa shape index (κ3) is 7.45. The number of carboxylic acids is 1. The minimum Gasteiger partial charge on any atom is -0.480 e. The molecule has 0 aliphatic heterocycles. The molecule has 0 saturated heterocycles. The first-order valence-corrected chi connectivity index (χ1v) is 7.76. The van der Waals surface area contributed by atoms with Gasteiger partial charge in [0.15, 0.2) is 0 Å². The molecule has 0 radical (unpaired) electrons. The average Bonchev–Trinajstić information content (AvgIpc) is 2.60. The van der Waals surface area contributed by atoms with E-state index in [9.17, 15) is 24.3 Å². The van der Waals surface area contributed by atoms with Crippen molar-refractivity contribution in [1.82, 2.24) is 16.0 Å². The summed E-state index contributed by atoms with van der Waals surface area (Å²) in [5, 5.41) is 34.1. The molecule has 0 aromatic rings.